The third-order valence-corrected chi connectivity index (χ3v) is 8.00. The van der Waals surface area contributed by atoms with Gasteiger partial charge >= 0.3 is 5.97 Å². The first-order valence-electron chi connectivity index (χ1n) is 13.9. The number of nitrogens with zero attached hydrogens (tertiary/aromatic N) is 2. The Morgan fingerprint density at radius 2 is 1.76 bits per heavy atom. The van der Waals surface area contributed by atoms with Crippen molar-refractivity contribution >= 4 is 11.9 Å². The summed E-state index contributed by atoms with van der Waals surface area (Å²) in [5.41, 5.74) is 1.45. The van der Waals surface area contributed by atoms with Gasteiger partial charge in [0.1, 0.15) is 0 Å². The van der Waals surface area contributed by atoms with Gasteiger partial charge in [-0.05, 0) is 82.3 Å². The Kier molecular flexibility index (Phi) is 10.00. The van der Waals surface area contributed by atoms with Crippen molar-refractivity contribution < 1.29 is 28.9 Å². The second kappa shape index (κ2) is 13.4. The molecule has 8 nitrogen and oxygen atoms in total. The molecule has 3 aliphatic rings. The van der Waals surface area contributed by atoms with Gasteiger partial charge in [-0.15, -0.1) is 0 Å². The Bertz CT molecular complexity index is 919. The van der Waals surface area contributed by atoms with Crippen molar-refractivity contribution in [1.29, 1.82) is 0 Å². The summed E-state index contributed by atoms with van der Waals surface area (Å²) < 4.78 is 17.0. The summed E-state index contributed by atoms with van der Waals surface area (Å²) in [6.45, 7) is 6.25. The van der Waals surface area contributed by atoms with Gasteiger partial charge in [-0.2, -0.15) is 0 Å². The van der Waals surface area contributed by atoms with E-state index >= 15 is 0 Å². The predicted octanol–water partition coefficient (Wildman–Crippen LogP) is 3.70. The maximum Gasteiger partial charge on any atom is 0.337 e. The van der Waals surface area contributed by atoms with E-state index in [2.05, 4.69) is 4.90 Å². The Balaban J connectivity index is 1.53. The first-order chi connectivity index (χ1) is 18.0. The summed E-state index contributed by atoms with van der Waals surface area (Å²) in [5, 5.41) is 9.51. The second-order valence-corrected chi connectivity index (χ2v) is 10.3. The van der Waals surface area contributed by atoms with Crippen LogP contribution < -0.4 is 0 Å². The first kappa shape index (κ1) is 27.6. The first-order valence-corrected chi connectivity index (χ1v) is 13.9. The van der Waals surface area contributed by atoms with E-state index in [-0.39, 0.29) is 30.3 Å². The van der Waals surface area contributed by atoms with Crippen LogP contribution in [0, 0.1) is 5.92 Å². The number of methoxy groups -OCH3 is 1. The molecule has 3 aliphatic heterocycles. The van der Waals surface area contributed by atoms with Crippen LogP contribution in [0.5, 0.6) is 0 Å². The molecule has 0 bridgehead atoms. The van der Waals surface area contributed by atoms with Crippen LogP contribution in [0.15, 0.2) is 36.1 Å². The quantitative estimate of drug-likeness (QED) is 0.503. The van der Waals surface area contributed by atoms with Crippen molar-refractivity contribution in [1.82, 2.24) is 9.80 Å². The fourth-order valence-electron chi connectivity index (χ4n) is 5.97. The summed E-state index contributed by atoms with van der Waals surface area (Å²) in [4.78, 5) is 30.1. The standard InChI is InChI=1S/C29H42N2O6/c1-3-36-29-24(8-7-19-32)25(21-9-11-22(12-10-21)28(34)35-2)20-26(37-29)27(33)31-17-13-23(14-18-31)30-15-5-4-6-16-30/h9-12,20,23-25,29,32H,3-8,13-19H2,1-2H3/t24-,25-,29-/m1/s1. The van der Waals surface area contributed by atoms with E-state index in [1.54, 1.807) is 12.1 Å². The maximum absolute atomic E-state index is 13.6. The molecule has 4 rings (SSSR count). The van der Waals surface area contributed by atoms with E-state index in [4.69, 9.17) is 14.2 Å². The molecule has 0 unspecified atom stereocenters. The van der Waals surface area contributed by atoms with Crippen LogP contribution >= 0.6 is 0 Å². The van der Waals surface area contributed by atoms with Gasteiger partial charge in [-0.25, -0.2) is 4.79 Å². The Hall–Kier alpha value is -2.42. The molecular formula is C29H42N2O6. The number of ether oxygens (including phenoxy) is 3. The highest BCUT2D eigenvalue weighted by Gasteiger charge is 2.39. The molecule has 2 saturated heterocycles. The minimum atomic E-state index is -0.586. The molecule has 2 fully saturated rings. The normalized spacial score (nSPS) is 25.3. The van der Waals surface area contributed by atoms with Crippen LogP contribution in [0.2, 0.25) is 0 Å². The van der Waals surface area contributed by atoms with Gasteiger partial charge < -0.3 is 29.1 Å². The van der Waals surface area contributed by atoms with Gasteiger partial charge in [-0.3, -0.25) is 4.79 Å². The zero-order chi connectivity index (χ0) is 26.2. The van der Waals surface area contributed by atoms with Crippen molar-refractivity contribution in [3.8, 4) is 0 Å². The Morgan fingerprint density at radius 1 is 1.05 bits per heavy atom. The number of amides is 1. The molecule has 37 heavy (non-hydrogen) atoms. The molecule has 0 radical (unpaired) electrons. The second-order valence-electron chi connectivity index (χ2n) is 10.3. The molecular weight excluding hydrogens is 472 g/mol. The third-order valence-electron chi connectivity index (χ3n) is 8.00. The number of esters is 1. The van der Waals surface area contributed by atoms with Crippen molar-refractivity contribution in [3.63, 3.8) is 0 Å². The largest absolute Gasteiger partial charge is 0.465 e. The monoisotopic (exact) mass is 514 g/mol. The minimum absolute atomic E-state index is 0.0718. The molecule has 1 N–H and O–H groups in total. The Labute approximate surface area is 220 Å². The third kappa shape index (κ3) is 6.72. The van der Waals surface area contributed by atoms with Crippen LogP contribution in [0.25, 0.3) is 0 Å². The highest BCUT2D eigenvalue weighted by Crippen LogP contribution is 2.40. The van der Waals surface area contributed by atoms with Gasteiger partial charge in [0.15, 0.2) is 5.76 Å². The van der Waals surface area contributed by atoms with Gasteiger partial charge in [0.2, 0.25) is 6.29 Å². The minimum Gasteiger partial charge on any atom is -0.465 e. The van der Waals surface area contributed by atoms with Crippen LogP contribution in [-0.4, -0.2) is 85.6 Å². The number of aliphatic hydroxyl groups is 1. The molecule has 3 atom stereocenters. The predicted molar refractivity (Wildman–Crippen MR) is 140 cm³/mol. The van der Waals surface area contributed by atoms with Crippen molar-refractivity contribution in [2.24, 2.45) is 5.92 Å². The lowest BCUT2D eigenvalue weighted by Gasteiger charge is -2.41. The summed E-state index contributed by atoms with van der Waals surface area (Å²) in [7, 11) is 1.36. The van der Waals surface area contributed by atoms with E-state index in [0.717, 1.165) is 31.5 Å². The van der Waals surface area contributed by atoms with E-state index < -0.39 is 6.29 Å². The van der Waals surface area contributed by atoms with Crippen molar-refractivity contribution in [3.05, 3.63) is 47.2 Å². The molecule has 1 amide bonds. The lowest BCUT2D eigenvalue weighted by atomic mass is 9.80. The van der Waals surface area contributed by atoms with Crippen molar-refractivity contribution in [2.45, 2.75) is 70.1 Å². The number of hydrogen-bond donors (Lipinski definition) is 1. The van der Waals surface area contributed by atoms with E-state index in [9.17, 15) is 14.7 Å². The number of likely N-dealkylation sites (tertiary alicyclic amines) is 2. The van der Waals surface area contributed by atoms with Gasteiger partial charge in [0, 0.05) is 44.2 Å². The van der Waals surface area contributed by atoms with E-state index in [0.29, 0.717) is 36.8 Å². The summed E-state index contributed by atoms with van der Waals surface area (Å²) >= 11 is 0. The maximum atomic E-state index is 13.6. The number of allylic oxidation sites excluding steroid dienone is 1. The van der Waals surface area contributed by atoms with Gasteiger partial charge in [0.25, 0.3) is 5.91 Å². The van der Waals surface area contributed by atoms with Crippen molar-refractivity contribution in [2.75, 3.05) is 46.5 Å². The highest BCUT2D eigenvalue weighted by molar-refractivity contribution is 5.92. The lowest BCUT2D eigenvalue weighted by molar-refractivity contribution is -0.171. The number of carbonyl (C=O) groups excluding carboxylic acids is 2. The molecule has 1 aromatic rings. The van der Waals surface area contributed by atoms with Gasteiger partial charge in [0.05, 0.1) is 12.7 Å². The average Bonchev–Trinajstić information content (AvgIpc) is 2.96. The number of piperidine rings is 2. The number of carbonyl (C=O) groups is 2. The molecule has 0 spiro atoms. The van der Waals surface area contributed by atoms with Gasteiger partial charge in [-0.1, -0.05) is 18.6 Å². The van der Waals surface area contributed by atoms with E-state index in [1.807, 2.05) is 30.0 Å². The molecule has 204 valence electrons. The number of hydrogen-bond acceptors (Lipinski definition) is 7. The number of rotatable bonds is 9. The number of aliphatic hydroxyl groups excluding tert-OH is 1. The Morgan fingerprint density at radius 3 is 2.38 bits per heavy atom. The zero-order valence-electron chi connectivity index (χ0n) is 22.3. The fraction of sp³-hybridized carbons (Fsp3) is 0.655. The topological polar surface area (TPSA) is 88.5 Å². The summed E-state index contributed by atoms with van der Waals surface area (Å²) in [6, 6.07) is 7.86. The van der Waals surface area contributed by atoms with Crippen LogP contribution in [-0.2, 0) is 19.0 Å². The molecule has 0 aromatic heterocycles. The fourth-order valence-corrected chi connectivity index (χ4v) is 5.97. The molecule has 8 heteroatoms. The average molecular weight is 515 g/mol. The molecule has 3 heterocycles. The molecule has 1 aromatic carbocycles. The van der Waals surface area contributed by atoms with Crippen LogP contribution in [0.3, 0.4) is 0 Å². The highest BCUT2D eigenvalue weighted by atomic mass is 16.7. The summed E-state index contributed by atoms with van der Waals surface area (Å²) in [5.74, 6) is -0.358. The SMILES string of the molecule is CCO[C@@H]1OC(C(=O)N2CCC(N3CCCCC3)CC2)=C[C@H](c2ccc(C(=O)OC)cc2)[C@H]1CCCO. The van der Waals surface area contributed by atoms with Crippen LogP contribution in [0.1, 0.15) is 73.7 Å². The molecule has 0 aliphatic carbocycles. The smallest absolute Gasteiger partial charge is 0.337 e. The number of benzene rings is 1. The van der Waals surface area contributed by atoms with E-state index in [1.165, 1.54) is 39.5 Å². The molecule has 0 saturated carbocycles. The zero-order valence-corrected chi connectivity index (χ0v) is 22.3. The van der Waals surface area contributed by atoms with Crippen LogP contribution in [0.4, 0.5) is 0 Å². The lowest BCUT2D eigenvalue weighted by Crippen LogP contribution is -2.49. The summed E-state index contributed by atoms with van der Waals surface area (Å²) in [6.07, 6.45) is 8.49.